The molecule has 0 amide bonds. The van der Waals surface area contributed by atoms with Gasteiger partial charge in [-0.15, -0.1) is 11.8 Å². The summed E-state index contributed by atoms with van der Waals surface area (Å²) in [5.74, 6) is 1.22. The zero-order valence-electron chi connectivity index (χ0n) is 13.5. The molecule has 21 heavy (non-hydrogen) atoms. The molecule has 2 fully saturated rings. The van der Waals surface area contributed by atoms with E-state index in [1.54, 1.807) is 0 Å². The van der Waals surface area contributed by atoms with Gasteiger partial charge < -0.3 is 4.90 Å². The third-order valence-electron chi connectivity index (χ3n) is 5.06. The van der Waals surface area contributed by atoms with Crippen LogP contribution in [-0.2, 0) is 0 Å². The van der Waals surface area contributed by atoms with Crippen molar-refractivity contribution in [3.8, 4) is 0 Å². The molecule has 0 saturated carbocycles. The van der Waals surface area contributed by atoms with E-state index in [4.69, 9.17) is 0 Å². The normalized spacial score (nSPS) is 24.0. The Morgan fingerprint density at radius 3 is 2.67 bits per heavy atom. The highest BCUT2D eigenvalue weighted by molar-refractivity contribution is 7.99. The summed E-state index contributed by atoms with van der Waals surface area (Å²) >= 11 is 2.01. The van der Waals surface area contributed by atoms with Gasteiger partial charge in [0.2, 0.25) is 0 Å². The number of likely N-dealkylation sites (tertiary alicyclic amines) is 2. The van der Waals surface area contributed by atoms with E-state index in [1.807, 2.05) is 11.8 Å². The summed E-state index contributed by atoms with van der Waals surface area (Å²) < 4.78 is 0. The van der Waals surface area contributed by atoms with Gasteiger partial charge >= 0.3 is 0 Å². The van der Waals surface area contributed by atoms with Gasteiger partial charge in [0, 0.05) is 29.8 Å². The summed E-state index contributed by atoms with van der Waals surface area (Å²) in [6.45, 7) is 10.9. The Bertz CT molecular complexity index is 468. The molecule has 0 aliphatic carbocycles. The van der Waals surface area contributed by atoms with E-state index in [-0.39, 0.29) is 0 Å². The van der Waals surface area contributed by atoms with Crippen LogP contribution in [0.4, 0.5) is 0 Å². The smallest absolute Gasteiger partial charge is 0.0235 e. The number of aryl methyl sites for hydroxylation is 2. The first-order chi connectivity index (χ1) is 10.2. The Kier molecular flexibility index (Phi) is 5.25. The van der Waals surface area contributed by atoms with Crippen LogP contribution in [0.2, 0.25) is 0 Å². The van der Waals surface area contributed by atoms with Crippen molar-refractivity contribution < 1.29 is 0 Å². The average molecular weight is 305 g/mol. The fourth-order valence-corrected chi connectivity index (χ4v) is 4.53. The standard InChI is InChI=1S/C18H28N2S/c1-15-5-6-18(13-16(15)2)21-12-11-19-10-7-17(14-19)20-8-3-4-9-20/h5-6,13,17H,3-4,7-12,14H2,1-2H3/t17-/m0/s1. The zero-order chi connectivity index (χ0) is 14.7. The Balaban J connectivity index is 1.40. The van der Waals surface area contributed by atoms with E-state index in [0.29, 0.717) is 0 Å². The minimum atomic E-state index is 0.846. The molecule has 1 aromatic carbocycles. The topological polar surface area (TPSA) is 6.48 Å². The van der Waals surface area contributed by atoms with Gasteiger partial charge in [-0.25, -0.2) is 0 Å². The molecule has 3 heteroatoms. The third kappa shape index (κ3) is 4.02. The molecule has 2 heterocycles. The van der Waals surface area contributed by atoms with E-state index in [9.17, 15) is 0 Å². The summed E-state index contributed by atoms with van der Waals surface area (Å²) in [5.41, 5.74) is 2.81. The van der Waals surface area contributed by atoms with Crippen LogP contribution in [0.15, 0.2) is 23.1 Å². The number of benzene rings is 1. The Morgan fingerprint density at radius 2 is 1.90 bits per heavy atom. The summed E-state index contributed by atoms with van der Waals surface area (Å²) in [6, 6.07) is 7.69. The van der Waals surface area contributed by atoms with Crippen LogP contribution in [0.5, 0.6) is 0 Å². The minimum Gasteiger partial charge on any atom is -0.301 e. The second kappa shape index (κ2) is 7.17. The van der Waals surface area contributed by atoms with Crippen LogP contribution in [0, 0.1) is 13.8 Å². The molecule has 0 unspecified atom stereocenters. The molecule has 3 rings (SSSR count). The summed E-state index contributed by atoms with van der Waals surface area (Å²) in [7, 11) is 0. The van der Waals surface area contributed by atoms with Gasteiger partial charge in [-0.1, -0.05) is 6.07 Å². The Labute approximate surface area is 133 Å². The van der Waals surface area contributed by atoms with Crippen molar-refractivity contribution in [1.29, 1.82) is 0 Å². The lowest BCUT2D eigenvalue weighted by molar-refractivity contribution is 0.236. The summed E-state index contributed by atoms with van der Waals surface area (Å²) in [6.07, 6.45) is 4.21. The van der Waals surface area contributed by atoms with Crippen LogP contribution in [0.25, 0.3) is 0 Å². The minimum absolute atomic E-state index is 0.846. The van der Waals surface area contributed by atoms with Crippen LogP contribution < -0.4 is 0 Å². The van der Waals surface area contributed by atoms with Crippen LogP contribution in [0.1, 0.15) is 30.4 Å². The van der Waals surface area contributed by atoms with Gasteiger partial charge in [0.25, 0.3) is 0 Å². The van der Waals surface area contributed by atoms with Crippen molar-refractivity contribution in [3.63, 3.8) is 0 Å². The van der Waals surface area contributed by atoms with Gasteiger partial charge in [-0.3, -0.25) is 4.90 Å². The summed E-state index contributed by atoms with van der Waals surface area (Å²) in [5, 5.41) is 0. The van der Waals surface area contributed by atoms with Gasteiger partial charge in [0.1, 0.15) is 0 Å². The second-order valence-corrected chi connectivity index (χ2v) is 7.75. The second-order valence-electron chi connectivity index (χ2n) is 6.58. The number of hydrogen-bond donors (Lipinski definition) is 0. The molecule has 1 atom stereocenters. The molecule has 0 bridgehead atoms. The molecule has 2 aliphatic heterocycles. The van der Waals surface area contributed by atoms with Gasteiger partial charge in [0.15, 0.2) is 0 Å². The maximum Gasteiger partial charge on any atom is 0.0235 e. The quantitative estimate of drug-likeness (QED) is 0.768. The van der Waals surface area contributed by atoms with Crippen LogP contribution >= 0.6 is 11.8 Å². The van der Waals surface area contributed by atoms with Crippen molar-refractivity contribution in [1.82, 2.24) is 9.80 Å². The van der Waals surface area contributed by atoms with E-state index in [2.05, 4.69) is 41.8 Å². The molecule has 0 radical (unpaired) electrons. The monoisotopic (exact) mass is 304 g/mol. The first kappa shape index (κ1) is 15.4. The van der Waals surface area contributed by atoms with E-state index < -0.39 is 0 Å². The molecule has 0 N–H and O–H groups in total. The molecule has 0 aromatic heterocycles. The third-order valence-corrected chi connectivity index (χ3v) is 6.03. The lowest BCUT2D eigenvalue weighted by atomic mass is 10.1. The molecule has 2 aliphatic rings. The van der Waals surface area contributed by atoms with Gasteiger partial charge in [0.05, 0.1) is 0 Å². The SMILES string of the molecule is Cc1ccc(SCCN2CC[C@H](N3CCCC3)C2)cc1C. The highest BCUT2D eigenvalue weighted by Gasteiger charge is 2.28. The van der Waals surface area contributed by atoms with Crippen molar-refractivity contribution in [3.05, 3.63) is 29.3 Å². The number of rotatable bonds is 5. The Hall–Kier alpha value is -0.510. The fraction of sp³-hybridized carbons (Fsp3) is 0.667. The maximum absolute atomic E-state index is 2.72. The summed E-state index contributed by atoms with van der Waals surface area (Å²) in [4.78, 5) is 6.81. The Morgan fingerprint density at radius 1 is 1.10 bits per heavy atom. The van der Waals surface area contributed by atoms with E-state index in [0.717, 1.165) is 6.04 Å². The van der Waals surface area contributed by atoms with Crippen molar-refractivity contribution in [2.24, 2.45) is 0 Å². The molecule has 1 aromatic rings. The first-order valence-corrected chi connectivity index (χ1v) is 9.37. The van der Waals surface area contributed by atoms with Crippen molar-refractivity contribution >= 4 is 11.8 Å². The molecule has 0 spiro atoms. The zero-order valence-corrected chi connectivity index (χ0v) is 14.3. The molecular weight excluding hydrogens is 276 g/mol. The largest absolute Gasteiger partial charge is 0.301 e. The lowest BCUT2D eigenvalue weighted by Gasteiger charge is -2.23. The lowest BCUT2D eigenvalue weighted by Crippen LogP contribution is -2.35. The predicted octanol–water partition coefficient (Wildman–Crippen LogP) is 3.57. The van der Waals surface area contributed by atoms with E-state index >= 15 is 0 Å². The number of thioether (sulfide) groups is 1. The molecule has 116 valence electrons. The fourth-order valence-electron chi connectivity index (χ4n) is 3.52. The molecule has 2 nitrogen and oxygen atoms in total. The van der Waals surface area contributed by atoms with E-state index in [1.165, 1.54) is 73.8 Å². The van der Waals surface area contributed by atoms with Gasteiger partial charge in [-0.2, -0.15) is 0 Å². The number of nitrogens with zero attached hydrogens (tertiary/aromatic N) is 2. The first-order valence-electron chi connectivity index (χ1n) is 8.39. The average Bonchev–Trinajstić information content (AvgIpc) is 3.13. The van der Waals surface area contributed by atoms with Crippen LogP contribution in [-0.4, -0.2) is 54.3 Å². The predicted molar refractivity (Wildman–Crippen MR) is 92.3 cm³/mol. The maximum atomic E-state index is 2.72. The van der Waals surface area contributed by atoms with Crippen molar-refractivity contribution in [2.75, 3.05) is 38.5 Å². The van der Waals surface area contributed by atoms with Crippen LogP contribution in [0.3, 0.4) is 0 Å². The molecule has 2 saturated heterocycles. The highest BCUT2D eigenvalue weighted by atomic mass is 32.2. The van der Waals surface area contributed by atoms with Crippen molar-refractivity contribution in [2.45, 2.75) is 44.0 Å². The molecular formula is C18H28N2S. The highest BCUT2D eigenvalue weighted by Crippen LogP contribution is 2.23. The van der Waals surface area contributed by atoms with Gasteiger partial charge in [-0.05, 0) is 76.0 Å². The number of hydrogen-bond acceptors (Lipinski definition) is 3.